The van der Waals surface area contributed by atoms with Gasteiger partial charge in [0.25, 0.3) is 0 Å². The van der Waals surface area contributed by atoms with Crippen LogP contribution in [-0.2, 0) is 11.3 Å². The third-order valence-corrected chi connectivity index (χ3v) is 4.43. The quantitative estimate of drug-likeness (QED) is 0.800. The highest BCUT2D eigenvalue weighted by Gasteiger charge is 2.29. The number of amides is 2. The van der Waals surface area contributed by atoms with Gasteiger partial charge in [-0.2, -0.15) is 0 Å². The Balaban J connectivity index is 1.47. The lowest BCUT2D eigenvalue weighted by Gasteiger charge is -2.34. The van der Waals surface area contributed by atoms with Crippen LogP contribution in [-0.4, -0.2) is 77.9 Å². The normalized spacial score (nSPS) is 22.0. The number of ether oxygens (including phenoxy) is 1. The lowest BCUT2D eigenvalue weighted by atomic mass is 10.2. The summed E-state index contributed by atoms with van der Waals surface area (Å²) in [5, 5.41) is 3.02. The molecule has 2 heterocycles. The number of urea groups is 1. The maximum Gasteiger partial charge on any atom is 0.317 e. The van der Waals surface area contributed by atoms with Gasteiger partial charge in [-0.05, 0) is 25.8 Å². The van der Waals surface area contributed by atoms with Crippen molar-refractivity contribution < 1.29 is 9.53 Å². The van der Waals surface area contributed by atoms with E-state index in [-0.39, 0.29) is 12.1 Å². The van der Waals surface area contributed by atoms with Gasteiger partial charge in [-0.1, -0.05) is 0 Å². The molecule has 1 aliphatic carbocycles. The average molecular weight is 321 g/mol. The topological polar surface area (TPSA) is 62.6 Å². The van der Waals surface area contributed by atoms with Gasteiger partial charge in [0.2, 0.25) is 0 Å². The second-order valence-corrected chi connectivity index (χ2v) is 6.64. The summed E-state index contributed by atoms with van der Waals surface area (Å²) in [7, 11) is 2.10. The van der Waals surface area contributed by atoms with E-state index in [4.69, 9.17) is 4.74 Å². The lowest BCUT2D eigenvalue weighted by molar-refractivity contribution is -0.0308. The number of rotatable bonds is 7. The SMILES string of the molecule is CN1CCOC(CN(CC2CC2)C(=O)NCCn2ccnc2)C1. The lowest BCUT2D eigenvalue weighted by Crippen LogP contribution is -2.50. The van der Waals surface area contributed by atoms with Crippen molar-refractivity contribution in [2.45, 2.75) is 25.5 Å². The number of imidazole rings is 1. The molecule has 3 rings (SSSR count). The fourth-order valence-corrected chi connectivity index (χ4v) is 2.90. The minimum atomic E-state index is 0.0221. The van der Waals surface area contributed by atoms with Crippen LogP contribution in [0.25, 0.3) is 0 Å². The van der Waals surface area contributed by atoms with Crippen LogP contribution < -0.4 is 5.32 Å². The molecule has 128 valence electrons. The molecular formula is C16H27N5O2. The van der Waals surface area contributed by atoms with Gasteiger partial charge in [-0.3, -0.25) is 0 Å². The van der Waals surface area contributed by atoms with Gasteiger partial charge in [0.15, 0.2) is 0 Å². The molecule has 2 aliphatic rings. The largest absolute Gasteiger partial charge is 0.374 e. The van der Waals surface area contributed by atoms with Crippen LogP contribution in [0.5, 0.6) is 0 Å². The van der Waals surface area contributed by atoms with Crippen LogP contribution in [0, 0.1) is 5.92 Å². The highest BCUT2D eigenvalue weighted by Crippen LogP contribution is 2.29. The van der Waals surface area contributed by atoms with Crippen molar-refractivity contribution >= 4 is 6.03 Å². The Morgan fingerprint density at radius 2 is 2.30 bits per heavy atom. The zero-order valence-electron chi connectivity index (χ0n) is 13.9. The molecule has 0 radical (unpaired) electrons. The molecule has 2 amide bonds. The fourth-order valence-electron chi connectivity index (χ4n) is 2.90. The molecule has 1 unspecified atom stereocenters. The van der Waals surface area contributed by atoms with Crippen molar-refractivity contribution in [3.05, 3.63) is 18.7 Å². The Morgan fingerprint density at radius 3 is 3.00 bits per heavy atom. The smallest absolute Gasteiger partial charge is 0.317 e. The standard InChI is InChI=1S/C16H27N5O2/c1-19-8-9-23-15(11-19)12-21(10-14-2-3-14)16(22)18-5-7-20-6-4-17-13-20/h4,6,13-15H,2-3,5,7-12H2,1H3,(H,18,22). The molecule has 7 nitrogen and oxygen atoms in total. The number of carbonyl (C=O) groups excluding carboxylic acids is 1. The molecule has 1 aromatic heterocycles. The fraction of sp³-hybridized carbons (Fsp3) is 0.750. The van der Waals surface area contributed by atoms with Crippen molar-refractivity contribution in [2.75, 3.05) is 46.4 Å². The molecule has 7 heteroatoms. The first kappa shape index (κ1) is 16.3. The van der Waals surface area contributed by atoms with E-state index in [1.807, 2.05) is 15.7 Å². The van der Waals surface area contributed by atoms with Gasteiger partial charge in [-0.25, -0.2) is 9.78 Å². The van der Waals surface area contributed by atoms with E-state index in [1.54, 1.807) is 12.5 Å². The van der Waals surface area contributed by atoms with Crippen LogP contribution >= 0.6 is 0 Å². The first-order valence-corrected chi connectivity index (χ1v) is 8.49. The molecule has 0 aromatic carbocycles. The van der Waals surface area contributed by atoms with Gasteiger partial charge in [0.1, 0.15) is 0 Å². The molecule has 1 saturated carbocycles. The summed E-state index contributed by atoms with van der Waals surface area (Å²) in [4.78, 5) is 20.7. The Hall–Kier alpha value is -1.60. The average Bonchev–Trinajstić information content (AvgIpc) is 3.19. The third-order valence-electron chi connectivity index (χ3n) is 4.43. The molecular weight excluding hydrogens is 294 g/mol. The first-order valence-electron chi connectivity index (χ1n) is 8.49. The number of hydrogen-bond donors (Lipinski definition) is 1. The number of morpholine rings is 1. The van der Waals surface area contributed by atoms with Crippen LogP contribution in [0.15, 0.2) is 18.7 Å². The van der Waals surface area contributed by atoms with E-state index in [0.29, 0.717) is 19.0 Å². The van der Waals surface area contributed by atoms with Crippen molar-refractivity contribution in [1.82, 2.24) is 24.7 Å². The second-order valence-electron chi connectivity index (χ2n) is 6.64. The van der Waals surface area contributed by atoms with Crippen LogP contribution in [0.2, 0.25) is 0 Å². The molecule has 1 N–H and O–H groups in total. The van der Waals surface area contributed by atoms with Gasteiger partial charge in [0, 0.05) is 51.7 Å². The number of hydrogen-bond acceptors (Lipinski definition) is 4. The molecule has 1 aromatic rings. The predicted octanol–water partition coefficient (Wildman–Crippen LogP) is 0.635. The van der Waals surface area contributed by atoms with E-state index < -0.39 is 0 Å². The Bertz CT molecular complexity index is 489. The summed E-state index contributed by atoms with van der Waals surface area (Å²) in [5.41, 5.74) is 0. The zero-order valence-corrected chi connectivity index (χ0v) is 13.9. The maximum absolute atomic E-state index is 12.5. The van der Waals surface area contributed by atoms with Gasteiger partial charge < -0.3 is 24.4 Å². The Kier molecular flexibility index (Phi) is 5.51. The molecule has 1 atom stereocenters. The number of likely N-dealkylation sites (N-methyl/N-ethyl adjacent to an activating group) is 1. The van der Waals surface area contributed by atoms with E-state index in [0.717, 1.165) is 32.8 Å². The highest BCUT2D eigenvalue weighted by atomic mass is 16.5. The summed E-state index contributed by atoms with van der Waals surface area (Å²) >= 11 is 0. The minimum absolute atomic E-state index is 0.0221. The van der Waals surface area contributed by atoms with Crippen molar-refractivity contribution in [3.8, 4) is 0 Å². The molecule has 1 saturated heterocycles. The third kappa shape index (κ3) is 5.21. The molecule has 0 bridgehead atoms. The van der Waals surface area contributed by atoms with Crippen LogP contribution in [0.4, 0.5) is 4.79 Å². The molecule has 0 spiro atoms. The molecule has 2 fully saturated rings. The number of nitrogens with one attached hydrogen (secondary N) is 1. The van der Waals surface area contributed by atoms with Crippen molar-refractivity contribution in [2.24, 2.45) is 5.92 Å². The van der Waals surface area contributed by atoms with Crippen LogP contribution in [0.1, 0.15) is 12.8 Å². The Morgan fingerprint density at radius 1 is 1.43 bits per heavy atom. The number of aromatic nitrogens is 2. The van der Waals surface area contributed by atoms with Crippen molar-refractivity contribution in [3.63, 3.8) is 0 Å². The van der Waals surface area contributed by atoms with Gasteiger partial charge >= 0.3 is 6.03 Å². The maximum atomic E-state index is 12.5. The summed E-state index contributed by atoms with van der Waals surface area (Å²) in [6.45, 7) is 5.49. The second kappa shape index (κ2) is 7.79. The van der Waals surface area contributed by atoms with E-state index >= 15 is 0 Å². The summed E-state index contributed by atoms with van der Waals surface area (Å²) in [6.07, 6.45) is 8.01. The zero-order chi connectivity index (χ0) is 16.1. The molecule has 23 heavy (non-hydrogen) atoms. The van der Waals surface area contributed by atoms with Crippen LogP contribution in [0.3, 0.4) is 0 Å². The van der Waals surface area contributed by atoms with Gasteiger partial charge in [0.05, 0.1) is 19.0 Å². The van der Waals surface area contributed by atoms with Gasteiger partial charge in [-0.15, -0.1) is 0 Å². The summed E-state index contributed by atoms with van der Waals surface area (Å²) < 4.78 is 7.78. The predicted molar refractivity (Wildman–Crippen MR) is 87.2 cm³/mol. The Labute approximate surface area is 137 Å². The van der Waals surface area contributed by atoms with Crippen molar-refractivity contribution in [1.29, 1.82) is 0 Å². The first-order chi connectivity index (χ1) is 11.2. The highest BCUT2D eigenvalue weighted by molar-refractivity contribution is 5.74. The number of nitrogens with zero attached hydrogens (tertiary/aromatic N) is 4. The van der Waals surface area contributed by atoms with E-state index in [2.05, 4.69) is 22.2 Å². The van der Waals surface area contributed by atoms with E-state index in [1.165, 1.54) is 12.8 Å². The van der Waals surface area contributed by atoms with E-state index in [9.17, 15) is 4.79 Å². The molecule has 1 aliphatic heterocycles. The minimum Gasteiger partial charge on any atom is -0.374 e. The summed E-state index contributed by atoms with van der Waals surface area (Å²) in [5.74, 6) is 0.677. The monoisotopic (exact) mass is 321 g/mol. The summed E-state index contributed by atoms with van der Waals surface area (Å²) in [6, 6.07) is 0.0221. The number of carbonyl (C=O) groups is 1.